The number of hydrogen-bond acceptors (Lipinski definition) is 3. The van der Waals surface area contributed by atoms with Crippen molar-refractivity contribution < 1.29 is 14.3 Å². The van der Waals surface area contributed by atoms with Gasteiger partial charge in [-0.1, -0.05) is 28.1 Å². The third kappa shape index (κ3) is 3.10. The molecule has 0 N–H and O–H groups in total. The van der Waals surface area contributed by atoms with E-state index in [9.17, 15) is 9.59 Å². The van der Waals surface area contributed by atoms with Crippen LogP contribution in [0.2, 0.25) is 0 Å². The molecule has 2 rings (SSSR count). The molecule has 0 aromatic heterocycles. The Bertz CT molecular complexity index is 458. The molecule has 1 aliphatic heterocycles. The summed E-state index contributed by atoms with van der Waals surface area (Å²) in [5.74, 6) is -0.320. The number of halogens is 1. The van der Waals surface area contributed by atoms with Crippen molar-refractivity contribution in [2.45, 2.75) is 32.5 Å². The molecule has 96 valence electrons. The van der Waals surface area contributed by atoms with Crippen molar-refractivity contribution in [2.24, 2.45) is 0 Å². The lowest BCUT2D eigenvalue weighted by Gasteiger charge is -2.24. The van der Waals surface area contributed by atoms with Crippen LogP contribution in [0.4, 0.5) is 0 Å². The van der Waals surface area contributed by atoms with E-state index in [0.29, 0.717) is 19.4 Å². The molecule has 1 heterocycles. The molecule has 0 bridgehead atoms. The Hall–Kier alpha value is -1.36. The SMILES string of the molecule is CC(=O)OC1CCC(=O)N1Cc1ccc(Br)cc1. The molecule has 1 unspecified atom stereocenters. The van der Waals surface area contributed by atoms with Gasteiger partial charge >= 0.3 is 5.97 Å². The topological polar surface area (TPSA) is 46.6 Å². The number of benzene rings is 1. The van der Waals surface area contributed by atoms with Gasteiger partial charge in [0.05, 0.1) is 0 Å². The fourth-order valence-electron chi connectivity index (χ4n) is 2.00. The molecule has 0 saturated carbocycles. The van der Waals surface area contributed by atoms with E-state index in [1.807, 2.05) is 24.3 Å². The summed E-state index contributed by atoms with van der Waals surface area (Å²) >= 11 is 3.36. The summed E-state index contributed by atoms with van der Waals surface area (Å²) in [6, 6.07) is 7.74. The summed E-state index contributed by atoms with van der Waals surface area (Å²) in [7, 11) is 0. The molecule has 0 spiro atoms. The number of amides is 1. The number of carbonyl (C=O) groups is 2. The molecule has 4 nitrogen and oxygen atoms in total. The number of rotatable bonds is 3. The van der Waals surface area contributed by atoms with Crippen LogP contribution in [0.25, 0.3) is 0 Å². The molecule has 1 amide bonds. The minimum Gasteiger partial charge on any atom is -0.442 e. The van der Waals surface area contributed by atoms with Gasteiger partial charge in [-0.3, -0.25) is 9.59 Å². The third-order valence-electron chi connectivity index (χ3n) is 2.84. The predicted octanol–water partition coefficient (Wildman–Crippen LogP) is 2.46. The minimum absolute atomic E-state index is 0.0316. The van der Waals surface area contributed by atoms with E-state index in [1.165, 1.54) is 6.92 Å². The monoisotopic (exact) mass is 311 g/mol. The lowest BCUT2D eigenvalue weighted by Crippen LogP contribution is -2.35. The van der Waals surface area contributed by atoms with Crippen molar-refractivity contribution in [3.63, 3.8) is 0 Å². The fourth-order valence-corrected chi connectivity index (χ4v) is 2.26. The first-order chi connectivity index (χ1) is 8.56. The molecule has 0 aliphatic carbocycles. The number of hydrogen-bond donors (Lipinski definition) is 0. The number of ether oxygens (including phenoxy) is 1. The van der Waals surface area contributed by atoms with E-state index in [0.717, 1.165) is 10.0 Å². The van der Waals surface area contributed by atoms with Gasteiger partial charge in [0.25, 0.3) is 0 Å². The van der Waals surface area contributed by atoms with Gasteiger partial charge in [-0.25, -0.2) is 0 Å². The van der Waals surface area contributed by atoms with Gasteiger partial charge < -0.3 is 9.64 Å². The van der Waals surface area contributed by atoms with E-state index >= 15 is 0 Å². The summed E-state index contributed by atoms with van der Waals surface area (Å²) in [5.41, 5.74) is 1.02. The molecule has 0 radical (unpaired) electrons. The highest BCUT2D eigenvalue weighted by atomic mass is 79.9. The summed E-state index contributed by atoms with van der Waals surface area (Å²) < 4.78 is 6.14. The molecule has 18 heavy (non-hydrogen) atoms. The van der Waals surface area contributed by atoms with Crippen LogP contribution in [0, 0.1) is 0 Å². The van der Waals surface area contributed by atoms with Crippen LogP contribution >= 0.6 is 15.9 Å². The van der Waals surface area contributed by atoms with Crippen LogP contribution in [-0.4, -0.2) is 23.0 Å². The second-order valence-electron chi connectivity index (χ2n) is 4.25. The Morgan fingerprint density at radius 1 is 1.44 bits per heavy atom. The summed E-state index contributed by atoms with van der Waals surface area (Å²) in [6.07, 6.45) is 0.599. The van der Waals surface area contributed by atoms with Gasteiger partial charge in [0.1, 0.15) is 0 Å². The summed E-state index contributed by atoms with van der Waals surface area (Å²) in [5, 5.41) is 0. The maximum atomic E-state index is 11.8. The first kappa shape index (κ1) is 13.1. The fraction of sp³-hybridized carbons (Fsp3) is 0.385. The first-order valence-corrected chi connectivity index (χ1v) is 6.56. The highest BCUT2D eigenvalue weighted by molar-refractivity contribution is 9.10. The van der Waals surface area contributed by atoms with E-state index < -0.39 is 6.23 Å². The van der Waals surface area contributed by atoms with Crippen LogP contribution < -0.4 is 0 Å². The largest absolute Gasteiger partial charge is 0.442 e. The van der Waals surface area contributed by atoms with E-state index in [1.54, 1.807) is 4.90 Å². The van der Waals surface area contributed by atoms with Gasteiger partial charge in [-0.15, -0.1) is 0 Å². The molecule has 1 atom stereocenters. The molecule has 1 saturated heterocycles. The van der Waals surface area contributed by atoms with Crippen LogP contribution in [-0.2, 0) is 20.9 Å². The van der Waals surface area contributed by atoms with Crippen molar-refractivity contribution in [1.29, 1.82) is 0 Å². The quantitative estimate of drug-likeness (QED) is 0.806. The Balaban J connectivity index is 2.07. The molecule has 1 aromatic rings. The van der Waals surface area contributed by atoms with Gasteiger partial charge in [0.15, 0.2) is 6.23 Å². The summed E-state index contributed by atoms with van der Waals surface area (Å²) in [4.78, 5) is 24.4. The number of carbonyl (C=O) groups excluding carboxylic acids is 2. The number of likely N-dealkylation sites (tertiary alicyclic amines) is 1. The van der Waals surface area contributed by atoms with Crippen LogP contribution in [0.1, 0.15) is 25.3 Å². The lowest BCUT2D eigenvalue weighted by molar-refractivity contribution is -0.157. The van der Waals surface area contributed by atoms with Crippen LogP contribution in [0.3, 0.4) is 0 Å². The van der Waals surface area contributed by atoms with Crippen molar-refractivity contribution in [2.75, 3.05) is 0 Å². The van der Waals surface area contributed by atoms with Crippen molar-refractivity contribution in [3.05, 3.63) is 34.3 Å². The Kier molecular flexibility index (Phi) is 4.01. The molecule has 1 aromatic carbocycles. The number of esters is 1. The zero-order valence-electron chi connectivity index (χ0n) is 10.1. The Labute approximate surface area is 114 Å². The minimum atomic E-state index is -0.418. The first-order valence-electron chi connectivity index (χ1n) is 5.77. The van der Waals surface area contributed by atoms with Crippen molar-refractivity contribution >= 4 is 27.8 Å². The third-order valence-corrected chi connectivity index (χ3v) is 3.37. The predicted molar refractivity (Wildman–Crippen MR) is 69.5 cm³/mol. The zero-order valence-corrected chi connectivity index (χ0v) is 11.6. The standard InChI is InChI=1S/C13H14BrNO3/c1-9(16)18-13-7-6-12(17)15(13)8-10-2-4-11(14)5-3-10/h2-5,13H,6-8H2,1H3. The van der Waals surface area contributed by atoms with E-state index in [-0.39, 0.29) is 11.9 Å². The Morgan fingerprint density at radius 2 is 2.11 bits per heavy atom. The van der Waals surface area contributed by atoms with Gasteiger partial charge in [0, 0.05) is 30.8 Å². The smallest absolute Gasteiger partial charge is 0.304 e. The maximum Gasteiger partial charge on any atom is 0.304 e. The summed E-state index contributed by atoms with van der Waals surface area (Å²) in [6.45, 7) is 1.84. The van der Waals surface area contributed by atoms with Gasteiger partial charge in [-0.05, 0) is 17.7 Å². The second-order valence-corrected chi connectivity index (χ2v) is 5.17. The van der Waals surface area contributed by atoms with E-state index in [2.05, 4.69) is 15.9 Å². The molecule has 5 heteroatoms. The normalized spacial score (nSPS) is 19.1. The zero-order chi connectivity index (χ0) is 13.1. The molecule has 1 aliphatic rings. The Morgan fingerprint density at radius 3 is 2.72 bits per heavy atom. The number of nitrogens with zero attached hydrogens (tertiary/aromatic N) is 1. The second kappa shape index (κ2) is 5.52. The van der Waals surface area contributed by atoms with Crippen LogP contribution in [0.5, 0.6) is 0 Å². The van der Waals surface area contributed by atoms with Gasteiger partial charge in [-0.2, -0.15) is 0 Å². The van der Waals surface area contributed by atoms with E-state index in [4.69, 9.17) is 4.74 Å². The molecular weight excluding hydrogens is 298 g/mol. The molecular formula is C13H14BrNO3. The maximum absolute atomic E-state index is 11.8. The highest BCUT2D eigenvalue weighted by Gasteiger charge is 2.32. The average molecular weight is 312 g/mol. The average Bonchev–Trinajstić information content (AvgIpc) is 2.64. The lowest BCUT2D eigenvalue weighted by atomic mass is 10.2. The van der Waals surface area contributed by atoms with Crippen LogP contribution in [0.15, 0.2) is 28.7 Å². The van der Waals surface area contributed by atoms with Crippen molar-refractivity contribution in [1.82, 2.24) is 4.90 Å². The highest BCUT2D eigenvalue weighted by Crippen LogP contribution is 2.23. The van der Waals surface area contributed by atoms with Gasteiger partial charge in [0.2, 0.25) is 5.91 Å². The van der Waals surface area contributed by atoms with Crippen molar-refractivity contribution in [3.8, 4) is 0 Å². The molecule has 1 fully saturated rings.